The van der Waals surface area contributed by atoms with Gasteiger partial charge in [-0.15, -0.1) is 0 Å². The molecule has 0 rings (SSSR count). The molecule has 0 heterocycles. The highest BCUT2D eigenvalue weighted by Crippen LogP contribution is 2.38. The number of phosphoric acid groups is 1. The van der Waals surface area contributed by atoms with Crippen molar-refractivity contribution in [2.45, 2.75) is 277 Å². The van der Waals surface area contributed by atoms with Crippen LogP contribution in [0.2, 0.25) is 0 Å². The number of hydrogen-bond acceptors (Lipinski definition) is 8. The molecule has 10 heteroatoms. The van der Waals surface area contributed by atoms with Crippen LogP contribution in [0.5, 0.6) is 0 Å². The van der Waals surface area contributed by atoms with Crippen molar-refractivity contribution in [1.29, 1.82) is 0 Å². The fraction of sp³-hybridized carbons (Fsp3) is 0.962. The van der Waals surface area contributed by atoms with Gasteiger partial charge in [0.25, 0.3) is 7.82 Å². The summed E-state index contributed by atoms with van der Waals surface area (Å²) in [6.07, 6.45) is 48.5. The average molecular weight is 902 g/mol. The first-order chi connectivity index (χ1) is 30.0. The van der Waals surface area contributed by atoms with Crippen molar-refractivity contribution < 1.29 is 42.1 Å². The van der Waals surface area contributed by atoms with Gasteiger partial charge in [-0.2, -0.15) is 0 Å². The molecule has 0 fully saturated rings. The number of quaternary nitrogens is 1. The molecule has 0 spiro atoms. The highest BCUT2D eigenvalue weighted by atomic mass is 31.2. The highest BCUT2D eigenvalue weighted by molar-refractivity contribution is 7.45. The lowest BCUT2D eigenvalue weighted by molar-refractivity contribution is -0.870. The van der Waals surface area contributed by atoms with Crippen LogP contribution in [0.1, 0.15) is 271 Å². The van der Waals surface area contributed by atoms with E-state index in [9.17, 15) is 19.0 Å². The van der Waals surface area contributed by atoms with Crippen molar-refractivity contribution in [1.82, 2.24) is 0 Å². The summed E-state index contributed by atoms with van der Waals surface area (Å²) < 4.78 is 34.1. The summed E-state index contributed by atoms with van der Waals surface area (Å²) >= 11 is 0. The van der Waals surface area contributed by atoms with Gasteiger partial charge in [0.1, 0.15) is 19.8 Å². The van der Waals surface area contributed by atoms with Gasteiger partial charge in [0.2, 0.25) is 0 Å². The normalized spacial score (nSPS) is 13.3. The maximum absolute atomic E-state index is 12.8. The van der Waals surface area contributed by atoms with E-state index in [1.807, 2.05) is 21.1 Å². The van der Waals surface area contributed by atoms with Crippen LogP contribution in [0, 0.1) is 0 Å². The lowest BCUT2D eigenvalue weighted by Gasteiger charge is -2.28. The molecule has 9 nitrogen and oxygen atoms in total. The molecule has 0 saturated carbocycles. The molecule has 0 aromatic rings. The molecule has 370 valence electrons. The van der Waals surface area contributed by atoms with Crippen molar-refractivity contribution >= 4 is 19.8 Å². The summed E-state index contributed by atoms with van der Waals surface area (Å²) in [6.45, 7) is 4.30. The van der Waals surface area contributed by atoms with Gasteiger partial charge < -0.3 is 27.9 Å². The zero-order valence-electron chi connectivity index (χ0n) is 41.9. The Morgan fingerprint density at radius 3 is 1.03 bits per heavy atom. The molecule has 0 amide bonds. The highest BCUT2D eigenvalue weighted by Gasteiger charge is 2.21. The molecule has 0 radical (unpaired) electrons. The average Bonchev–Trinajstić information content (AvgIpc) is 3.23. The SMILES string of the molecule is CCCCCCCCCCCCCCCCCCCCCCCC(=O)O[C@H](COC(=O)CCCCCCCCCCCCCCCCCCC)COP(=O)([O-])OCC[N+](C)(C)C. The minimum atomic E-state index is -4.62. The topological polar surface area (TPSA) is 111 Å². The van der Waals surface area contributed by atoms with Crippen LogP contribution in [0.15, 0.2) is 0 Å². The number of esters is 2. The first kappa shape index (κ1) is 61.0. The van der Waals surface area contributed by atoms with Gasteiger partial charge in [0.15, 0.2) is 6.10 Å². The fourth-order valence-electron chi connectivity index (χ4n) is 7.95. The number of nitrogens with zero attached hydrogens (tertiary/aromatic N) is 1. The van der Waals surface area contributed by atoms with E-state index in [4.69, 9.17) is 18.5 Å². The molecule has 0 aromatic heterocycles. The van der Waals surface area contributed by atoms with Gasteiger partial charge in [-0.1, -0.05) is 245 Å². The predicted molar refractivity (Wildman–Crippen MR) is 259 cm³/mol. The number of carbonyl (C=O) groups is 2. The molecule has 62 heavy (non-hydrogen) atoms. The largest absolute Gasteiger partial charge is 0.756 e. The van der Waals surface area contributed by atoms with Crippen LogP contribution in [-0.2, 0) is 32.7 Å². The maximum Gasteiger partial charge on any atom is 0.306 e. The van der Waals surface area contributed by atoms with E-state index in [2.05, 4.69) is 13.8 Å². The second-order valence-electron chi connectivity index (χ2n) is 19.6. The van der Waals surface area contributed by atoms with Crippen LogP contribution < -0.4 is 4.89 Å². The molecular formula is C52H104NO8P. The van der Waals surface area contributed by atoms with E-state index < -0.39 is 26.5 Å². The number of carbonyl (C=O) groups excluding carboxylic acids is 2. The van der Waals surface area contributed by atoms with Crippen molar-refractivity contribution in [3.63, 3.8) is 0 Å². The van der Waals surface area contributed by atoms with E-state index in [0.717, 1.165) is 32.1 Å². The number of phosphoric ester groups is 1. The van der Waals surface area contributed by atoms with Crippen molar-refractivity contribution in [3.8, 4) is 0 Å². The standard InChI is InChI=1S/C52H104NO8P/c1-6-8-10-12-14-16-18-20-22-24-25-26-27-29-31-33-35-37-39-41-43-45-52(55)61-50(49-60-62(56,57)59-47-46-53(3,4)5)48-58-51(54)44-42-40-38-36-34-32-30-28-23-21-19-17-15-13-11-9-7-2/h50H,6-49H2,1-5H3/t50-/m1/s1. The lowest BCUT2D eigenvalue weighted by atomic mass is 10.0. The zero-order valence-corrected chi connectivity index (χ0v) is 42.7. The molecule has 2 atom stereocenters. The van der Waals surface area contributed by atoms with E-state index >= 15 is 0 Å². The van der Waals surface area contributed by atoms with Crippen LogP contribution >= 0.6 is 7.82 Å². The van der Waals surface area contributed by atoms with Gasteiger partial charge in [-0.3, -0.25) is 14.2 Å². The Hall–Kier alpha value is -0.990. The summed E-state index contributed by atoms with van der Waals surface area (Å²) in [5.74, 6) is -0.812. The van der Waals surface area contributed by atoms with E-state index in [-0.39, 0.29) is 32.0 Å². The Morgan fingerprint density at radius 1 is 0.435 bits per heavy atom. The Labute approximate surface area is 384 Å². The van der Waals surface area contributed by atoms with Crippen LogP contribution in [0.3, 0.4) is 0 Å². The molecular weight excluding hydrogens is 798 g/mol. The maximum atomic E-state index is 12.8. The van der Waals surface area contributed by atoms with E-state index in [1.165, 1.54) is 205 Å². The molecule has 0 N–H and O–H groups in total. The van der Waals surface area contributed by atoms with Crippen LogP contribution in [0.4, 0.5) is 0 Å². The number of hydrogen-bond donors (Lipinski definition) is 0. The smallest absolute Gasteiger partial charge is 0.306 e. The summed E-state index contributed by atoms with van der Waals surface area (Å²) in [7, 11) is 1.19. The number of rotatable bonds is 50. The molecule has 0 saturated heterocycles. The van der Waals surface area contributed by atoms with Gasteiger partial charge in [-0.25, -0.2) is 0 Å². The van der Waals surface area contributed by atoms with Gasteiger partial charge in [0.05, 0.1) is 27.7 Å². The van der Waals surface area contributed by atoms with E-state index in [1.54, 1.807) is 0 Å². The van der Waals surface area contributed by atoms with Gasteiger partial charge in [-0.05, 0) is 12.8 Å². The third-order valence-electron chi connectivity index (χ3n) is 12.1. The monoisotopic (exact) mass is 902 g/mol. The second kappa shape index (κ2) is 45.2. The van der Waals surface area contributed by atoms with Gasteiger partial charge >= 0.3 is 11.9 Å². The Balaban J connectivity index is 4.17. The summed E-state index contributed by atoms with van der Waals surface area (Å²) in [6, 6.07) is 0. The fourth-order valence-corrected chi connectivity index (χ4v) is 8.68. The molecule has 0 aliphatic carbocycles. The molecule has 0 bridgehead atoms. The van der Waals surface area contributed by atoms with Crippen molar-refractivity contribution in [2.75, 3.05) is 47.5 Å². The molecule has 0 aliphatic heterocycles. The van der Waals surface area contributed by atoms with E-state index in [0.29, 0.717) is 17.4 Å². The van der Waals surface area contributed by atoms with Gasteiger partial charge in [0, 0.05) is 12.8 Å². The predicted octanol–water partition coefficient (Wildman–Crippen LogP) is 15.3. The van der Waals surface area contributed by atoms with Crippen molar-refractivity contribution in [3.05, 3.63) is 0 Å². The summed E-state index contributed by atoms with van der Waals surface area (Å²) in [5.41, 5.74) is 0. The van der Waals surface area contributed by atoms with Crippen LogP contribution in [-0.4, -0.2) is 70.0 Å². The Kier molecular flexibility index (Phi) is 44.5. The minimum absolute atomic E-state index is 0.0252. The zero-order chi connectivity index (χ0) is 45.7. The minimum Gasteiger partial charge on any atom is -0.756 e. The first-order valence-electron chi connectivity index (χ1n) is 26.7. The van der Waals surface area contributed by atoms with Crippen LogP contribution in [0.25, 0.3) is 0 Å². The van der Waals surface area contributed by atoms with Crippen molar-refractivity contribution in [2.24, 2.45) is 0 Å². The number of likely N-dealkylation sites (N-methyl/N-ethyl adjacent to an activating group) is 1. The quantitative estimate of drug-likeness (QED) is 0.0257. The second-order valence-corrected chi connectivity index (χ2v) is 21.0. The first-order valence-corrected chi connectivity index (χ1v) is 28.2. The number of ether oxygens (including phenoxy) is 2. The molecule has 0 aromatic carbocycles. The molecule has 1 unspecified atom stereocenters. The Morgan fingerprint density at radius 2 is 0.726 bits per heavy atom. The Bertz CT molecular complexity index is 1020. The summed E-state index contributed by atoms with van der Waals surface area (Å²) in [4.78, 5) is 37.7. The third kappa shape index (κ3) is 48.5. The molecule has 0 aliphatic rings. The lowest BCUT2D eigenvalue weighted by Crippen LogP contribution is -2.37. The summed E-state index contributed by atoms with van der Waals surface area (Å²) in [5, 5.41) is 0. The number of unbranched alkanes of at least 4 members (excludes halogenated alkanes) is 36. The third-order valence-corrected chi connectivity index (χ3v) is 13.1.